The average molecular weight is 909 g/mol. The molecule has 0 spiro atoms. The van der Waals surface area contributed by atoms with Crippen molar-refractivity contribution in [2.45, 2.75) is 37.3 Å². The summed E-state index contributed by atoms with van der Waals surface area (Å²) in [5.41, 5.74) is 14.2. The third kappa shape index (κ3) is 12.8. The number of halogens is 8. The summed E-state index contributed by atoms with van der Waals surface area (Å²) in [5.74, 6) is -1.05. The number of hydrogen-bond donors (Lipinski definition) is 2. The topological polar surface area (TPSA) is 111 Å². The van der Waals surface area contributed by atoms with Crippen LogP contribution in [0.3, 0.4) is 0 Å². The summed E-state index contributed by atoms with van der Waals surface area (Å²) in [6.45, 7) is 0.298. The Morgan fingerprint density at radius 3 is 1.33 bits per heavy atom. The third-order valence-electron chi connectivity index (χ3n) is 10.1. The van der Waals surface area contributed by atoms with Crippen LogP contribution in [0.5, 0.6) is 11.5 Å². The molecule has 16 heteroatoms. The van der Waals surface area contributed by atoms with Gasteiger partial charge in [0, 0.05) is 36.6 Å². The number of alkyl halides is 6. The lowest BCUT2D eigenvalue weighted by atomic mass is 10.0. The highest BCUT2D eigenvalue weighted by Gasteiger charge is 2.31. The van der Waals surface area contributed by atoms with E-state index in [4.69, 9.17) is 32.5 Å². The summed E-state index contributed by atoms with van der Waals surface area (Å²) in [7, 11) is 2.80. The second-order valence-electron chi connectivity index (χ2n) is 14.3. The van der Waals surface area contributed by atoms with Crippen LogP contribution in [0.4, 0.5) is 42.1 Å². The summed E-state index contributed by atoms with van der Waals surface area (Å²) in [6, 6.07) is 34.3. The van der Waals surface area contributed by atoms with Crippen LogP contribution in [0.25, 0.3) is 0 Å². The maximum atomic E-state index is 14.3. The first-order valence-corrected chi connectivity index (χ1v) is 20.0. The Bertz CT molecular complexity index is 2460. The van der Waals surface area contributed by atoms with Crippen LogP contribution in [0.2, 0.25) is 5.02 Å². The summed E-state index contributed by atoms with van der Waals surface area (Å²) in [4.78, 5) is 29.4. The number of hydrogen-bond acceptors (Lipinski definition) is 6. The highest BCUT2D eigenvalue weighted by molar-refractivity contribution is 6.32. The maximum absolute atomic E-state index is 14.3. The van der Waals surface area contributed by atoms with E-state index in [1.807, 2.05) is 6.07 Å². The van der Waals surface area contributed by atoms with Gasteiger partial charge in [-0.05, 0) is 83.6 Å². The molecule has 0 aromatic heterocycles. The first kappa shape index (κ1) is 48.6. The lowest BCUT2D eigenvalue weighted by Crippen LogP contribution is -2.40. The number of ether oxygens (including phenoxy) is 2. The van der Waals surface area contributed by atoms with E-state index in [0.29, 0.717) is 45.1 Å². The van der Waals surface area contributed by atoms with Gasteiger partial charge >= 0.3 is 12.4 Å². The number of rotatable bonds is 14. The molecule has 64 heavy (non-hydrogen) atoms. The summed E-state index contributed by atoms with van der Waals surface area (Å²) >= 11 is 6.12. The molecule has 0 heterocycles. The molecule has 4 N–H and O–H groups in total. The Morgan fingerprint density at radius 2 is 0.953 bits per heavy atom. The molecule has 336 valence electrons. The van der Waals surface area contributed by atoms with Crippen molar-refractivity contribution in [3.63, 3.8) is 0 Å². The lowest BCUT2D eigenvalue weighted by molar-refractivity contribution is -0.138. The third-order valence-corrected chi connectivity index (χ3v) is 10.4. The molecule has 2 amide bonds. The molecular formula is C48H44ClF7N4O4. The van der Waals surface area contributed by atoms with Crippen molar-refractivity contribution in [2.24, 2.45) is 11.5 Å². The molecule has 0 saturated heterocycles. The second-order valence-corrected chi connectivity index (χ2v) is 14.7. The van der Waals surface area contributed by atoms with Gasteiger partial charge in [-0.15, -0.1) is 0 Å². The fourth-order valence-corrected chi connectivity index (χ4v) is 6.71. The molecule has 8 nitrogen and oxygen atoms in total. The van der Waals surface area contributed by atoms with Gasteiger partial charge in [0.05, 0.1) is 30.4 Å². The first-order valence-electron chi connectivity index (χ1n) is 19.6. The predicted molar refractivity (Wildman–Crippen MR) is 233 cm³/mol. The van der Waals surface area contributed by atoms with Crippen molar-refractivity contribution in [1.29, 1.82) is 0 Å². The van der Waals surface area contributed by atoms with Gasteiger partial charge in [-0.3, -0.25) is 9.59 Å². The molecule has 2 atom stereocenters. The molecule has 0 saturated carbocycles. The van der Waals surface area contributed by atoms with Crippen molar-refractivity contribution in [3.05, 3.63) is 190 Å². The summed E-state index contributed by atoms with van der Waals surface area (Å²) < 4.78 is 101. The van der Waals surface area contributed by atoms with Gasteiger partial charge in [-0.25, -0.2) is 4.39 Å². The van der Waals surface area contributed by atoms with Crippen molar-refractivity contribution >= 4 is 34.8 Å². The van der Waals surface area contributed by atoms with Gasteiger partial charge in [-0.2, -0.15) is 26.3 Å². The van der Waals surface area contributed by atoms with Crippen molar-refractivity contribution in [3.8, 4) is 11.5 Å². The molecular weight excluding hydrogens is 865 g/mol. The van der Waals surface area contributed by atoms with Gasteiger partial charge in [-0.1, -0.05) is 96.5 Å². The average Bonchev–Trinajstić information content (AvgIpc) is 3.29. The van der Waals surface area contributed by atoms with E-state index in [2.05, 4.69) is 0 Å². The number of amides is 2. The minimum atomic E-state index is -4.43. The fourth-order valence-electron chi connectivity index (χ4n) is 6.52. The van der Waals surface area contributed by atoms with Crippen LogP contribution in [0.15, 0.2) is 146 Å². The molecule has 6 aromatic rings. The molecule has 6 rings (SSSR count). The van der Waals surface area contributed by atoms with E-state index in [1.54, 1.807) is 72.8 Å². The molecule has 0 bridgehead atoms. The Hall–Kier alpha value is -6.42. The lowest BCUT2D eigenvalue weighted by Gasteiger charge is -2.27. The Kier molecular flexibility index (Phi) is 16.5. The van der Waals surface area contributed by atoms with Crippen molar-refractivity contribution in [1.82, 2.24) is 0 Å². The molecule has 0 aliphatic carbocycles. The predicted octanol–water partition coefficient (Wildman–Crippen LogP) is 10.8. The zero-order chi connectivity index (χ0) is 46.6. The standard InChI is InChI=1S/C24H22ClF3N2O2.C24H22F4N2O2/c1-32-21-15-19(11-12-20(21)25)30(23(31)22(29)17-5-3-2-4-6-17)14-13-16-7-9-18(10-8-16)24(26,27)28;1-32-21-12-11-19(15-20(21)25)30(23(31)22(29)17-5-3-2-4-6-17)14-13-16-7-9-18(10-8-16)24(26,27)28/h2*2-12,15,22H,13-14,29H2,1H3. The Labute approximate surface area is 370 Å². The SMILES string of the molecule is COc1cc(N(CCc2ccc(C(F)(F)F)cc2)C(=O)C(N)c2ccccc2)ccc1Cl.COc1ccc(N(CCc2ccc(C(F)(F)F)cc2)C(=O)C(N)c2ccccc2)cc1F. The van der Waals surface area contributed by atoms with E-state index < -0.39 is 47.3 Å². The van der Waals surface area contributed by atoms with Crippen LogP contribution < -0.4 is 30.7 Å². The minimum absolute atomic E-state index is 0.0243. The van der Waals surface area contributed by atoms with Gasteiger partial charge in [0.1, 0.15) is 17.8 Å². The van der Waals surface area contributed by atoms with Gasteiger partial charge in [0.2, 0.25) is 11.8 Å². The first-order chi connectivity index (χ1) is 30.4. The summed E-state index contributed by atoms with van der Waals surface area (Å²) in [5, 5.41) is 0.388. The van der Waals surface area contributed by atoms with E-state index >= 15 is 0 Å². The smallest absolute Gasteiger partial charge is 0.416 e. The van der Waals surface area contributed by atoms with Crippen LogP contribution in [0, 0.1) is 5.82 Å². The monoisotopic (exact) mass is 908 g/mol. The van der Waals surface area contributed by atoms with Crippen LogP contribution in [-0.4, -0.2) is 39.1 Å². The highest BCUT2D eigenvalue weighted by atomic mass is 35.5. The minimum Gasteiger partial charge on any atom is -0.495 e. The molecule has 0 fully saturated rings. The summed E-state index contributed by atoms with van der Waals surface area (Å²) in [6.07, 6.45) is -8.25. The maximum Gasteiger partial charge on any atom is 0.416 e. The largest absolute Gasteiger partial charge is 0.495 e. The number of carbonyl (C=O) groups excluding carboxylic acids is 2. The molecule has 0 aliphatic rings. The van der Waals surface area contributed by atoms with Crippen LogP contribution in [0.1, 0.15) is 45.5 Å². The highest BCUT2D eigenvalue weighted by Crippen LogP contribution is 2.33. The van der Waals surface area contributed by atoms with Crippen molar-refractivity contribution < 1.29 is 49.8 Å². The number of methoxy groups -OCH3 is 2. The van der Waals surface area contributed by atoms with E-state index in [-0.39, 0.29) is 36.9 Å². The number of nitrogens with zero attached hydrogens (tertiary/aromatic N) is 2. The van der Waals surface area contributed by atoms with Crippen LogP contribution >= 0.6 is 11.6 Å². The zero-order valence-corrected chi connectivity index (χ0v) is 35.3. The fraction of sp³-hybridized carbons (Fsp3) is 0.208. The number of benzene rings is 6. The molecule has 6 aromatic carbocycles. The number of nitrogens with two attached hydrogens (primary N) is 2. The Morgan fingerprint density at radius 1 is 0.562 bits per heavy atom. The van der Waals surface area contributed by atoms with Gasteiger partial charge < -0.3 is 30.7 Å². The van der Waals surface area contributed by atoms with Crippen molar-refractivity contribution in [2.75, 3.05) is 37.1 Å². The second kappa shape index (κ2) is 21.8. The van der Waals surface area contributed by atoms with Gasteiger partial charge in [0.15, 0.2) is 11.6 Å². The van der Waals surface area contributed by atoms with E-state index in [1.165, 1.54) is 66.5 Å². The zero-order valence-electron chi connectivity index (χ0n) is 34.5. The number of carbonyl (C=O) groups is 2. The molecule has 0 radical (unpaired) electrons. The normalized spacial score (nSPS) is 12.3. The molecule has 0 aliphatic heterocycles. The number of anilines is 2. The Balaban J connectivity index is 0.000000241. The van der Waals surface area contributed by atoms with Crippen LogP contribution in [-0.2, 0) is 34.8 Å². The van der Waals surface area contributed by atoms with E-state index in [9.17, 15) is 40.3 Å². The quantitative estimate of drug-likeness (QED) is 0.105. The molecule has 2 unspecified atom stereocenters. The van der Waals surface area contributed by atoms with Gasteiger partial charge in [0.25, 0.3) is 0 Å². The van der Waals surface area contributed by atoms with E-state index in [0.717, 1.165) is 24.3 Å².